The molecule has 0 radical (unpaired) electrons. The van der Waals surface area contributed by atoms with E-state index in [2.05, 4.69) is 4.90 Å². The van der Waals surface area contributed by atoms with Crippen LogP contribution in [0, 0.1) is 0 Å². The molecule has 3 heteroatoms. The van der Waals surface area contributed by atoms with Gasteiger partial charge in [-0.05, 0) is 38.7 Å². The van der Waals surface area contributed by atoms with Gasteiger partial charge in [-0.2, -0.15) is 0 Å². The highest BCUT2D eigenvalue weighted by Crippen LogP contribution is 2.25. The summed E-state index contributed by atoms with van der Waals surface area (Å²) in [5.41, 5.74) is 1.20. The molecular formula is C11H16ClNO. The third kappa shape index (κ3) is 3.20. The lowest BCUT2D eigenvalue weighted by Gasteiger charge is -2.11. The van der Waals surface area contributed by atoms with Crippen molar-refractivity contribution in [3.63, 3.8) is 0 Å². The van der Waals surface area contributed by atoms with Gasteiger partial charge in [-0.3, -0.25) is 0 Å². The third-order valence-corrected chi connectivity index (χ3v) is 2.09. The van der Waals surface area contributed by atoms with Crippen LogP contribution in [0.4, 0.5) is 0 Å². The lowest BCUT2D eigenvalue weighted by atomic mass is 10.2. The predicted octanol–water partition coefficient (Wildman–Crippen LogP) is 2.80. The van der Waals surface area contributed by atoms with E-state index >= 15 is 0 Å². The van der Waals surface area contributed by atoms with Crippen molar-refractivity contribution in [3.05, 3.63) is 28.8 Å². The summed E-state index contributed by atoms with van der Waals surface area (Å²) in [6.07, 6.45) is 0. The molecule has 0 aliphatic rings. The summed E-state index contributed by atoms with van der Waals surface area (Å²) >= 11 is 6.05. The van der Waals surface area contributed by atoms with Crippen LogP contribution in [0.15, 0.2) is 18.2 Å². The van der Waals surface area contributed by atoms with Gasteiger partial charge in [0.1, 0.15) is 5.75 Å². The Morgan fingerprint density at radius 2 is 2.07 bits per heavy atom. The first-order valence-corrected chi connectivity index (χ1v) is 5.07. The van der Waals surface area contributed by atoms with Crippen molar-refractivity contribution in [2.45, 2.75) is 13.5 Å². The summed E-state index contributed by atoms with van der Waals surface area (Å²) in [6, 6.07) is 5.91. The highest BCUT2D eigenvalue weighted by atomic mass is 35.5. The average molecular weight is 214 g/mol. The summed E-state index contributed by atoms with van der Waals surface area (Å²) < 4.78 is 5.35. The molecule has 1 aromatic carbocycles. The standard InChI is InChI=1S/C11H16ClNO/c1-4-14-11-6-5-9(7-10(11)12)8-13(2)3/h5-7H,4,8H2,1-3H3. The second kappa shape index (κ2) is 5.23. The molecule has 0 aromatic heterocycles. The second-order valence-electron chi connectivity index (χ2n) is 3.44. The van der Waals surface area contributed by atoms with Crippen molar-refractivity contribution < 1.29 is 4.74 Å². The zero-order valence-electron chi connectivity index (χ0n) is 8.88. The fourth-order valence-corrected chi connectivity index (χ4v) is 1.54. The van der Waals surface area contributed by atoms with Gasteiger partial charge in [-0.25, -0.2) is 0 Å². The Labute approximate surface area is 90.4 Å². The third-order valence-electron chi connectivity index (χ3n) is 1.79. The zero-order valence-corrected chi connectivity index (χ0v) is 9.64. The first-order valence-electron chi connectivity index (χ1n) is 4.69. The Bertz CT molecular complexity index is 299. The van der Waals surface area contributed by atoms with Crippen LogP contribution < -0.4 is 4.74 Å². The molecule has 0 unspecified atom stereocenters. The monoisotopic (exact) mass is 213 g/mol. The lowest BCUT2D eigenvalue weighted by molar-refractivity contribution is 0.340. The molecule has 1 aromatic rings. The van der Waals surface area contributed by atoms with Crippen LogP contribution in [0.25, 0.3) is 0 Å². The summed E-state index contributed by atoms with van der Waals surface area (Å²) in [5.74, 6) is 0.761. The van der Waals surface area contributed by atoms with Crippen LogP contribution in [0.1, 0.15) is 12.5 Å². The molecule has 0 amide bonds. The summed E-state index contributed by atoms with van der Waals surface area (Å²) in [7, 11) is 4.06. The summed E-state index contributed by atoms with van der Waals surface area (Å²) in [5, 5.41) is 0.686. The molecule has 0 bridgehead atoms. The number of hydrogen-bond donors (Lipinski definition) is 0. The minimum Gasteiger partial charge on any atom is -0.492 e. The average Bonchev–Trinajstić information content (AvgIpc) is 2.09. The normalized spacial score (nSPS) is 10.6. The molecule has 0 heterocycles. The molecule has 0 N–H and O–H groups in total. The molecule has 1 rings (SSSR count). The Morgan fingerprint density at radius 1 is 1.36 bits per heavy atom. The maximum atomic E-state index is 6.05. The smallest absolute Gasteiger partial charge is 0.137 e. The molecule has 0 spiro atoms. The number of ether oxygens (including phenoxy) is 1. The van der Waals surface area contributed by atoms with Gasteiger partial charge in [0.25, 0.3) is 0 Å². The van der Waals surface area contributed by atoms with Gasteiger partial charge in [0.2, 0.25) is 0 Å². The van der Waals surface area contributed by atoms with Crippen molar-refractivity contribution in [1.29, 1.82) is 0 Å². The van der Waals surface area contributed by atoms with Crippen molar-refractivity contribution in [3.8, 4) is 5.75 Å². The number of benzene rings is 1. The summed E-state index contributed by atoms with van der Waals surface area (Å²) in [4.78, 5) is 2.10. The van der Waals surface area contributed by atoms with Crippen molar-refractivity contribution >= 4 is 11.6 Å². The van der Waals surface area contributed by atoms with Crippen LogP contribution in [-0.2, 0) is 6.54 Å². The molecule has 14 heavy (non-hydrogen) atoms. The molecule has 0 saturated carbocycles. The van der Waals surface area contributed by atoms with E-state index in [1.54, 1.807) is 0 Å². The number of rotatable bonds is 4. The highest BCUT2D eigenvalue weighted by molar-refractivity contribution is 6.32. The van der Waals surface area contributed by atoms with E-state index in [9.17, 15) is 0 Å². The minimum atomic E-state index is 0.646. The number of hydrogen-bond acceptors (Lipinski definition) is 2. The Hall–Kier alpha value is -0.730. The van der Waals surface area contributed by atoms with Crippen molar-refractivity contribution in [2.75, 3.05) is 20.7 Å². The van der Waals surface area contributed by atoms with Gasteiger partial charge in [0, 0.05) is 6.54 Å². The first-order chi connectivity index (χ1) is 6.63. The zero-order chi connectivity index (χ0) is 10.6. The molecule has 78 valence electrons. The van der Waals surface area contributed by atoms with Gasteiger partial charge in [0.15, 0.2) is 0 Å². The van der Waals surface area contributed by atoms with Crippen molar-refractivity contribution in [1.82, 2.24) is 4.90 Å². The molecule has 0 aliphatic heterocycles. The van der Waals surface area contributed by atoms with Gasteiger partial charge in [0.05, 0.1) is 11.6 Å². The molecular weight excluding hydrogens is 198 g/mol. The fourth-order valence-electron chi connectivity index (χ4n) is 1.28. The largest absolute Gasteiger partial charge is 0.492 e. The topological polar surface area (TPSA) is 12.5 Å². The van der Waals surface area contributed by atoms with Gasteiger partial charge >= 0.3 is 0 Å². The Balaban J connectivity index is 2.78. The van der Waals surface area contributed by atoms with Crippen LogP contribution in [0.2, 0.25) is 5.02 Å². The van der Waals surface area contributed by atoms with E-state index in [0.29, 0.717) is 11.6 Å². The summed E-state index contributed by atoms with van der Waals surface area (Å²) in [6.45, 7) is 3.49. The van der Waals surface area contributed by atoms with E-state index in [0.717, 1.165) is 12.3 Å². The first kappa shape index (κ1) is 11.3. The van der Waals surface area contributed by atoms with E-state index in [1.807, 2.05) is 39.2 Å². The molecule has 0 atom stereocenters. The fraction of sp³-hybridized carbons (Fsp3) is 0.455. The predicted molar refractivity (Wildman–Crippen MR) is 60.0 cm³/mol. The maximum absolute atomic E-state index is 6.05. The van der Waals surface area contributed by atoms with E-state index in [-0.39, 0.29) is 0 Å². The van der Waals surface area contributed by atoms with Crippen LogP contribution >= 0.6 is 11.6 Å². The maximum Gasteiger partial charge on any atom is 0.137 e. The molecule has 0 saturated heterocycles. The van der Waals surface area contributed by atoms with E-state index in [1.165, 1.54) is 5.56 Å². The molecule has 2 nitrogen and oxygen atoms in total. The Morgan fingerprint density at radius 3 is 2.57 bits per heavy atom. The second-order valence-corrected chi connectivity index (χ2v) is 3.84. The van der Waals surface area contributed by atoms with Gasteiger partial charge < -0.3 is 9.64 Å². The van der Waals surface area contributed by atoms with Crippen LogP contribution in [0.5, 0.6) is 5.75 Å². The number of halogens is 1. The van der Waals surface area contributed by atoms with E-state index < -0.39 is 0 Å². The Kier molecular flexibility index (Phi) is 4.23. The quantitative estimate of drug-likeness (QED) is 0.763. The van der Waals surface area contributed by atoms with Crippen LogP contribution in [-0.4, -0.2) is 25.6 Å². The minimum absolute atomic E-state index is 0.646. The molecule has 0 aliphatic carbocycles. The van der Waals surface area contributed by atoms with Crippen molar-refractivity contribution in [2.24, 2.45) is 0 Å². The lowest BCUT2D eigenvalue weighted by Crippen LogP contribution is -2.10. The highest BCUT2D eigenvalue weighted by Gasteiger charge is 2.02. The van der Waals surface area contributed by atoms with Gasteiger partial charge in [-0.1, -0.05) is 17.7 Å². The van der Waals surface area contributed by atoms with Crippen LogP contribution in [0.3, 0.4) is 0 Å². The van der Waals surface area contributed by atoms with Gasteiger partial charge in [-0.15, -0.1) is 0 Å². The molecule has 0 fully saturated rings. The SMILES string of the molecule is CCOc1ccc(CN(C)C)cc1Cl. The van der Waals surface area contributed by atoms with E-state index in [4.69, 9.17) is 16.3 Å². The number of nitrogens with zero attached hydrogens (tertiary/aromatic N) is 1.